The first-order valence-electron chi connectivity index (χ1n) is 4.50. The van der Waals surface area contributed by atoms with Gasteiger partial charge >= 0.3 is 0 Å². The molecule has 2 nitrogen and oxygen atoms in total. The molecular formula is C9H18N2S. The molecule has 70 valence electrons. The molecule has 0 aromatic carbocycles. The SMILES string of the molecule is CC(C)C1=C(C(C)C)NSNC1. The first kappa shape index (κ1) is 9.93. The van der Waals surface area contributed by atoms with Gasteiger partial charge in [0.2, 0.25) is 0 Å². The fraction of sp³-hybridized carbons (Fsp3) is 0.778. The van der Waals surface area contributed by atoms with Crippen LogP contribution in [-0.4, -0.2) is 6.54 Å². The maximum absolute atomic E-state index is 3.34. The van der Waals surface area contributed by atoms with E-state index in [0.29, 0.717) is 11.8 Å². The Balaban J connectivity index is 2.83. The first-order chi connectivity index (χ1) is 5.63. The molecule has 3 heteroatoms. The molecule has 1 aliphatic heterocycles. The Labute approximate surface area is 79.5 Å². The minimum absolute atomic E-state index is 0.608. The standard InChI is InChI=1S/C9H18N2S/c1-6(2)8-5-10-12-11-9(8)7(3)4/h6-7,10-11H,5H2,1-4H3. The van der Waals surface area contributed by atoms with Gasteiger partial charge in [0, 0.05) is 24.4 Å². The maximum atomic E-state index is 3.34. The van der Waals surface area contributed by atoms with Crippen LogP contribution in [-0.2, 0) is 0 Å². The van der Waals surface area contributed by atoms with Crippen molar-refractivity contribution in [1.82, 2.24) is 9.44 Å². The number of allylic oxidation sites excluding steroid dienone is 1. The normalized spacial score (nSPS) is 18.8. The van der Waals surface area contributed by atoms with Gasteiger partial charge in [-0.05, 0) is 17.4 Å². The lowest BCUT2D eigenvalue weighted by Crippen LogP contribution is -2.29. The van der Waals surface area contributed by atoms with Gasteiger partial charge < -0.3 is 4.72 Å². The summed E-state index contributed by atoms with van der Waals surface area (Å²) in [5, 5.41) is 0. The van der Waals surface area contributed by atoms with Crippen molar-refractivity contribution in [3.8, 4) is 0 Å². The van der Waals surface area contributed by atoms with Crippen molar-refractivity contribution in [3.05, 3.63) is 11.3 Å². The van der Waals surface area contributed by atoms with Crippen LogP contribution in [0.15, 0.2) is 11.3 Å². The van der Waals surface area contributed by atoms with Crippen LogP contribution >= 0.6 is 12.1 Å². The quantitative estimate of drug-likeness (QED) is 0.647. The van der Waals surface area contributed by atoms with E-state index in [1.807, 2.05) is 0 Å². The molecule has 0 bridgehead atoms. The lowest BCUT2D eigenvalue weighted by molar-refractivity contribution is 0.640. The molecule has 0 amide bonds. The summed E-state index contributed by atoms with van der Waals surface area (Å²) in [5.41, 5.74) is 2.93. The van der Waals surface area contributed by atoms with Crippen LogP contribution < -0.4 is 9.44 Å². The predicted molar refractivity (Wildman–Crippen MR) is 55.4 cm³/mol. The molecule has 0 saturated carbocycles. The van der Waals surface area contributed by atoms with Crippen molar-refractivity contribution >= 4 is 12.1 Å². The van der Waals surface area contributed by atoms with Crippen molar-refractivity contribution in [1.29, 1.82) is 0 Å². The van der Waals surface area contributed by atoms with Crippen LogP contribution in [0.4, 0.5) is 0 Å². The summed E-state index contributed by atoms with van der Waals surface area (Å²) in [6.07, 6.45) is 0. The third-order valence-corrected chi connectivity index (χ3v) is 2.73. The van der Waals surface area contributed by atoms with Crippen LogP contribution in [0.25, 0.3) is 0 Å². The van der Waals surface area contributed by atoms with Gasteiger partial charge in [0.15, 0.2) is 0 Å². The minimum Gasteiger partial charge on any atom is -0.320 e. The lowest BCUT2D eigenvalue weighted by atomic mass is 9.96. The van der Waals surface area contributed by atoms with Gasteiger partial charge in [0.1, 0.15) is 0 Å². The number of hydrogen-bond acceptors (Lipinski definition) is 3. The third-order valence-electron chi connectivity index (χ3n) is 2.12. The first-order valence-corrected chi connectivity index (χ1v) is 5.32. The third kappa shape index (κ3) is 2.17. The van der Waals surface area contributed by atoms with Gasteiger partial charge in [0.05, 0.1) is 0 Å². The molecule has 0 radical (unpaired) electrons. The molecule has 0 fully saturated rings. The second-order valence-electron chi connectivity index (χ2n) is 3.77. The Morgan fingerprint density at radius 2 is 1.83 bits per heavy atom. The van der Waals surface area contributed by atoms with E-state index in [1.165, 1.54) is 11.3 Å². The fourth-order valence-electron chi connectivity index (χ4n) is 1.37. The Kier molecular flexibility index (Phi) is 3.47. The Hall–Kier alpha value is -0.150. The highest BCUT2D eigenvalue weighted by atomic mass is 32.2. The zero-order valence-electron chi connectivity index (χ0n) is 8.27. The van der Waals surface area contributed by atoms with Crippen LogP contribution in [0.1, 0.15) is 27.7 Å². The molecule has 1 aliphatic rings. The molecule has 2 N–H and O–H groups in total. The Bertz CT molecular complexity index is 165. The van der Waals surface area contributed by atoms with E-state index in [9.17, 15) is 0 Å². The monoisotopic (exact) mass is 186 g/mol. The molecule has 0 spiro atoms. The minimum atomic E-state index is 0.608. The van der Waals surface area contributed by atoms with Gasteiger partial charge in [-0.25, -0.2) is 4.72 Å². The van der Waals surface area contributed by atoms with E-state index >= 15 is 0 Å². The van der Waals surface area contributed by atoms with E-state index in [-0.39, 0.29) is 0 Å². The summed E-state index contributed by atoms with van der Waals surface area (Å²) in [6.45, 7) is 9.98. The average molecular weight is 186 g/mol. The molecule has 0 aliphatic carbocycles. The van der Waals surface area contributed by atoms with Crippen molar-refractivity contribution in [3.63, 3.8) is 0 Å². The molecule has 0 saturated heterocycles. The van der Waals surface area contributed by atoms with E-state index in [0.717, 1.165) is 6.54 Å². The number of rotatable bonds is 2. The average Bonchev–Trinajstić information content (AvgIpc) is 2.04. The number of hydrogen-bond donors (Lipinski definition) is 2. The fourth-order valence-corrected chi connectivity index (χ4v) is 2.15. The summed E-state index contributed by atoms with van der Waals surface area (Å²) in [7, 11) is 0. The second kappa shape index (κ2) is 4.19. The molecule has 0 atom stereocenters. The van der Waals surface area contributed by atoms with Crippen LogP contribution in [0.3, 0.4) is 0 Å². The van der Waals surface area contributed by atoms with Crippen LogP contribution in [0, 0.1) is 11.8 Å². The molecule has 1 rings (SSSR count). The van der Waals surface area contributed by atoms with Crippen molar-refractivity contribution in [2.45, 2.75) is 27.7 Å². The summed E-state index contributed by atoms with van der Waals surface area (Å²) in [4.78, 5) is 0. The van der Waals surface area contributed by atoms with Crippen molar-refractivity contribution < 1.29 is 0 Å². The molecule has 0 unspecified atom stereocenters. The zero-order valence-corrected chi connectivity index (χ0v) is 9.09. The molecular weight excluding hydrogens is 168 g/mol. The highest BCUT2D eigenvalue weighted by Gasteiger charge is 2.17. The van der Waals surface area contributed by atoms with Gasteiger partial charge in [-0.15, -0.1) is 0 Å². The van der Waals surface area contributed by atoms with E-state index in [4.69, 9.17) is 0 Å². The predicted octanol–water partition coefficient (Wildman–Crippen LogP) is 2.31. The van der Waals surface area contributed by atoms with E-state index in [1.54, 1.807) is 12.1 Å². The second-order valence-corrected chi connectivity index (χ2v) is 4.47. The summed E-state index contributed by atoms with van der Waals surface area (Å²) < 4.78 is 6.58. The van der Waals surface area contributed by atoms with Crippen molar-refractivity contribution in [2.24, 2.45) is 11.8 Å². The topological polar surface area (TPSA) is 24.1 Å². The molecule has 0 aromatic heterocycles. The zero-order chi connectivity index (χ0) is 9.14. The highest BCUT2D eigenvalue weighted by molar-refractivity contribution is 7.95. The van der Waals surface area contributed by atoms with Gasteiger partial charge in [-0.1, -0.05) is 27.7 Å². The highest BCUT2D eigenvalue weighted by Crippen LogP contribution is 2.23. The Morgan fingerprint density at radius 1 is 1.17 bits per heavy atom. The van der Waals surface area contributed by atoms with Gasteiger partial charge in [0.25, 0.3) is 0 Å². The summed E-state index contributed by atoms with van der Waals surface area (Å²) in [6, 6.07) is 0. The van der Waals surface area contributed by atoms with Crippen LogP contribution in [0.2, 0.25) is 0 Å². The molecule has 12 heavy (non-hydrogen) atoms. The lowest BCUT2D eigenvalue weighted by Gasteiger charge is -2.26. The van der Waals surface area contributed by atoms with Gasteiger partial charge in [-0.2, -0.15) is 0 Å². The van der Waals surface area contributed by atoms with Crippen molar-refractivity contribution in [2.75, 3.05) is 6.54 Å². The Morgan fingerprint density at radius 3 is 2.25 bits per heavy atom. The smallest absolute Gasteiger partial charge is 0.0342 e. The van der Waals surface area contributed by atoms with E-state index < -0.39 is 0 Å². The molecule has 0 aromatic rings. The van der Waals surface area contributed by atoms with Gasteiger partial charge in [-0.3, -0.25) is 0 Å². The maximum Gasteiger partial charge on any atom is 0.0342 e. The number of nitrogens with one attached hydrogen (secondary N) is 2. The van der Waals surface area contributed by atoms with Crippen LogP contribution in [0.5, 0.6) is 0 Å². The van der Waals surface area contributed by atoms with E-state index in [2.05, 4.69) is 37.1 Å². The summed E-state index contributed by atoms with van der Waals surface area (Å²) >= 11 is 1.59. The summed E-state index contributed by atoms with van der Waals surface area (Å²) in [5.74, 6) is 1.25. The largest absolute Gasteiger partial charge is 0.320 e. The molecule has 1 heterocycles.